The van der Waals surface area contributed by atoms with Crippen molar-refractivity contribution in [3.05, 3.63) is 24.2 Å². The van der Waals surface area contributed by atoms with Gasteiger partial charge in [-0.15, -0.1) is 0 Å². The van der Waals surface area contributed by atoms with E-state index in [-0.39, 0.29) is 12.6 Å². The third kappa shape index (κ3) is 3.49. The maximum Gasteiger partial charge on any atom is 0.208 e. The van der Waals surface area contributed by atoms with E-state index in [0.717, 1.165) is 6.26 Å². The molecular formula is C8H13NO4S. The molecule has 0 spiro atoms. The Labute approximate surface area is 83.1 Å². The minimum Gasteiger partial charge on any atom is -0.467 e. The van der Waals surface area contributed by atoms with E-state index in [1.165, 1.54) is 13.4 Å². The topological polar surface area (TPSA) is 68.5 Å². The van der Waals surface area contributed by atoms with Crippen molar-refractivity contribution in [2.45, 2.75) is 6.10 Å². The van der Waals surface area contributed by atoms with E-state index in [1.807, 2.05) is 0 Å². The maximum atomic E-state index is 10.8. The highest BCUT2D eigenvalue weighted by molar-refractivity contribution is 7.88. The van der Waals surface area contributed by atoms with Crippen molar-refractivity contribution in [3.63, 3.8) is 0 Å². The molecule has 0 saturated heterocycles. The van der Waals surface area contributed by atoms with Crippen LogP contribution in [0.4, 0.5) is 0 Å². The van der Waals surface area contributed by atoms with Crippen LogP contribution in [0.2, 0.25) is 0 Å². The molecule has 5 nitrogen and oxygen atoms in total. The summed E-state index contributed by atoms with van der Waals surface area (Å²) in [6.07, 6.45) is 2.23. The smallest absolute Gasteiger partial charge is 0.208 e. The van der Waals surface area contributed by atoms with Gasteiger partial charge in [-0.3, -0.25) is 0 Å². The van der Waals surface area contributed by atoms with Crippen molar-refractivity contribution in [3.8, 4) is 0 Å². The Morgan fingerprint density at radius 1 is 1.64 bits per heavy atom. The highest BCUT2D eigenvalue weighted by atomic mass is 32.2. The molecule has 0 fully saturated rings. The predicted molar refractivity (Wildman–Crippen MR) is 51.3 cm³/mol. The van der Waals surface area contributed by atoms with Crippen LogP contribution in [0.1, 0.15) is 11.9 Å². The first-order chi connectivity index (χ1) is 6.53. The molecule has 6 heteroatoms. The van der Waals surface area contributed by atoms with E-state index < -0.39 is 10.0 Å². The van der Waals surface area contributed by atoms with Gasteiger partial charge in [0.15, 0.2) is 0 Å². The van der Waals surface area contributed by atoms with Crippen LogP contribution >= 0.6 is 0 Å². The van der Waals surface area contributed by atoms with Crippen LogP contribution in [-0.2, 0) is 14.8 Å². The van der Waals surface area contributed by atoms with Crippen molar-refractivity contribution >= 4 is 10.0 Å². The van der Waals surface area contributed by atoms with E-state index in [1.54, 1.807) is 12.1 Å². The van der Waals surface area contributed by atoms with Crippen LogP contribution in [0, 0.1) is 0 Å². The van der Waals surface area contributed by atoms with Gasteiger partial charge in [0.2, 0.25) is 10.0 Å². The van der Waals surface area contributed by atoms with Crippen LogP contribution in [0.5, 0.6) is 0 Å². The summed E-state index contributed by atoms with van der Waals surface area (Å²) in [6.45, 7) is 0.169. The molecule has 1 N–H and O–H groups in total. The fourth-order valence-electron chi connectivity index (χ4n) is 1.00. The number of sulfonamides is 1. The normalized spacial score (nSPS) is 14.1. The average molecular weight is 219 g/mol. The number of hydrogen-bond acceptors (Lipinski definition) is 4. The SMILES string of the molecule is CO[C@@H](CNS(C)(=O)=O)c1ccco1. The molecule has 0 aliphatic heterocycles. The minimum absolute atomic E-state index is 0.169. The van der Waals surface area contributed by atoms with E-state index in [9.17, 15) is 8.42 Å². The zero-order valence-corrected chi connectivity index (χ0v) is 8.87. The molecule has 1 heterocycles. The lowest BCUT2D eigenvalue weighted by molar-refractivity contribution is 0.0879. The Morgan fingerprint density at radius 3 is 2.79 bits per heavy atom. The van der Waals surface area contributed by atoms with Crippen molar-refractivity contribution in [2.24, 2.45) is 0 Å². The average Bonchev–Trinajstić information content (AvgIpc) is 2.56. The highest BCUT2D eigenvalue weighted by Crippen LogP contribution is 2.15. The quantitative estimate of drug-likeness (QED) is 0.783. The lowest BCUT2D eigenvalue weighted by Gasteiger charge is -2.12. The summed E-state index contributed by atoms with van der Waals surface area (Å²) in [4.78, 5) is 0. The first-order valence-corrected chi connectivity index (χ1v) is 5.93. The summed E-state index contributed by atoms with van der Waals surface area (Å²) in [5, 5.41) is 0. The van der Waals surface area contributed by atoms with Crippen molar-refractivity contribution in [2.75, 3.05) is 19.9 Å². The van der Waals surface area contributed by atoms with Gasteiger partial charge in [0.05, 0.1) is 12.5 Å². The zero-order valence-electron chi connectivity index (χ0n) is 8.06. The first-order valence-electron chi connectivity index (χ1n) is 4.04. The van der Waals surface area contributed by atoms with Crippen LogP contribution in [0.25, 0.3) is 0 Å². The van der Waals surface area contributed by atoms with Gasteiger partial charge < -0.3 is 9.15 Å². The van der Waals surface area contributed by atoms with Gasteiger partial charge in [0.1, 0.15) is 11.9 Å². The third-order valence-corrected chi connectivity index (χ3v) is 2.37. The molecular weight excluding hydrogens is 206 g/mol. The molecule has 0 amide bonds. The lowest BCUT2D eigenvalue weighted by Crippen LogP contribution is -2.27. The van der Waals surface area contributed by atoms with Crippen LogP contribution in [-0.4, -0.2) is 28.3 Å². The Hall–Kier alpha value is -0.850. The van der Waals surface area contributed by atoms with E-state index in [0.29, 0.717) is 5.76 Å². The third-order valence-electron chi connectivity index (χ3n) is 1.68. The van der Waals surface area contributed by atoms with Gasteiger partial charge in [-0.2, -0.15) is 0 Å². The number of ether oxygens (including phenoxy) is 1. The Bertz CT molecular complexity index is 357. The Kier molecular flexibility index (Phi) is 3.68. The van der Waals surface area contributed by atoms with Crippen LogP contribution in [0.3, 0.4) is 0 Å². The Morgan fingerprint density at radius 2 is 2.36 bits per heavy atom. The minimum atomic E-state index is -3.19. The number of rotatable bonds is 5. The highest BCUT2D eigenvalue weighted by Gasteiger charge is 2.14. The molecule has 14 heavy (non-hydrogen) atoms. The summed E-state index contributed by atoms with van der Waals surface area (Å²) in [5.41, 5.74) is 0. The lowest BCUT2D eigenvalue weighted by atomic mass is 10.3. The first kappa shape index (κ1) is 11.2. The summed E-state index contributed by atoms with van der Waals surface area (Å²) in [5.74, 6) is 0.601. The second-order valence-corrected chi connectivity index (χ2v) is 4.69. The Balaban J connectivity index is 2.57. The van der Waals surface area contributed by atoms with Crippen molar-refractivity contribution in [1.82, 2.24) is 4.72 Å². The van der Waals surface area contributed by atoms with Gasteiger partial charge in [-0.25, -0.2) is 13.1 Å². The van der Waals surface area contributed by atoms with E-state index in [2.05, 4.69) is 4.72 Å². The maximum absolute atomic E-state index is 10.8. The molecule has 0 aliphatic carbocycles. The molecule has 1 aromatic heterocycles. The zero-order chi connectivity index (χ0) is 10.6. The standard InChI is InChI=1S/C8H13NO4S/c1-12-8(6-9-14(2,10)11)7-4-3-5-13-7/h3-5,8-9H,6H2,1-2H3/t8-/m0/s1. The number of nitrogens with one attached hydrogen (secondary N) is 1. The summed E-state index contributed by atoms with van der Waals surface area (Å²) >= 11 is 0. The molecule has 0 saturated carbocycles. The van der Waals surface area contributed by atoms with E-state index >= 15 is 0 Å². The molecule has 0 aliphatic rings. The second kappa shape index (κ2) is 4.59. The molecule has 1 aromatic rings. The summed E-state index contributed by atoms with van der Waals surface area (Å²) in [6, 6.07) is 3.46. The van der Waals surface area contributed by atoms with Gasteiger partial charge in [0, 0.05) is 13.7 Å². The number of furan rings is 1. The van der Waals surface area contributed by atoms with E-state index in [4.69, 9.17) is 9.15 Å². The fourth-order valence-corrected chi connectivity index (χ4v) is 1.46. The van der Waals surface area contributed by atoms with Crippen molar-refractivity contribution < 1.29 is 17.6 Å². The van der Waals surface area contributed by atoms with Crippen molar-refractivity contribution in [1.29, 1.82) is 0 Å². The number of hydrogen-bond donors (Lipinski definition) is 1. The summed E-state index contributed by atoms with van der Waals surface area (Å²) in [7, 11) is -1.69. The summed E-state index contributed by atoms with van der Waals surface area (Å²) < 4.78 is 34.2. The van der Waals surface area contributed by atoms with Gasteiger partial charge >= 0.3 is 0 Å². The molecule has 80 valence electrons. The second-order valence-electron chi connectivity index (χ2n) is 2.86. The largest absolute Gasteiger partial charge is 0.467 e. The molecule has 0 unspecified atom stereocenters. The molecule has 0 bridgehead atoms. The van der Waals surface area contributed by atoms with Gasteiger partial charge in [0.25, 0.3) is 0 Å². The molecule has 1 atom stereocenters. The fraction of sp³-hybridized carbons (Fsp3) is 0.500. The molecule has 0 aromatic carbocycles. The monoisotopic (exact) mass is 219 g/mol. The predicted octanol–water partition coefficient (Wildman–Crippen LogP) is 0.516. The van der Waals surface area contributed by atoms with Gasteiger partial charge in [-0.1, -0.05) is 0 Å². The molecule has 1 rings (SSSR count). The number of methoxy groups -OCH3 is 1. The van der Waals surface area contributed by atoms with Gasteiger partial charge in [-0.05, 0) is 12.1 Å². The molecule has 0 radical (unpaired) electrons. The van der Waals surface area contributed by atoms with Crippen LogP contribution < -0.4 is 4.72 Å². The van der Waals surface area contributed by atoms with Crippen LogP contribution in [0.15, 0.2) is 22.8 Å².